The van der Waals surface area contributed by atoms with Crippen LogP contribution < -0.4 is 14.8 Å². The quantitative estimate of drug-likeness (QED) is 0.389. The Labute approximate surface area is 207 Å². The summed E-state index contributed by atoms with van der Waals surface area (Å²) in [5.41, 5.74) is 2.89. The SMILES string of the molecule is Cc1cc(C)c(C(=O)Nc2ccccc2OCC(O)CN2CCC(Oc3ccc(Br)cn3)C2)[nH]1. The average Bonchev–Trinajstić information content (AvgIpc) is 3.39. The van der Waals surface area contributed by atoms with Crippen molar-refractivity contribution in [1.29, 1.82) is 0 Å². The van der Waals surface area contributed by atoms with Gasteiger partial charge in [-0.1, -0.05) is 12.1 Å². The number of nitrogens with one attached hydrogen (secondary N) is 2. The maximum absolute atomic E-state index is 12.7. The van der Waals surface area contributed by atoms with Crippen LogP contribution in [0.15, 0.2) is 53.1 Å². The van der Waals surface area contributed by atoms with Crippen molar-refractivity contribution in [2.24, 2.45) is 0 Å². The summed E-state index contributed by atoms with van der Waals surface area (Å²) in [6.07, 6.45) is 1.95. The number of anilines is 1. The Kier molecular flexibility index (Phi) is 7.87. The van der Waals surface area contributed by atoms with E-state index in [0.29, 0.717) is 29.6 Å². The van der Waals surface area contributed by atoms with E-state index in [2.05, 4.69) is 36.1 Å². The highest BCUT2D eigenvalue weighted by atomic mass is 79.9. The molecule has 9 heteroatoms. The van der Waals surface area contributed by atoms with E-state index in [-0.39, 0.29) is 18.6 Å². The standard InChI is InChI=1S/C25H29BrN4O4/c1-16-11-17(2)28-24(16)25(32)29-21-5-3-4-6-22(21)33-15-19(31)13-30-10-9-20(14-30)34-23-8-7-18(26)12-27-23/h3-8,11-12,19-20,28,31H,9-10,13-15H2,1-2H3,(H,29,32). The van der Waals surface area contributed by atoms with Crippen molar-refractivity contribution in [3.8, 4) is 11.6 Å². The first-order chi connectivity index (χ1) is 16.4. The molecule has 3 aromatic rings. The number of benzene rings is 1. The number of likely N-dealkylation sites (tertiary alicyclic amines) is 1. The summed E-state index contributed by atoms with van der Waals surface area (Å²) in [6, 6.07) is 12.9. The van der Waals surface area contributed by atoms with E-state index in [1.165, 1.54) is 0 Å². The molecule has 0 bridgehead atoms. The number of β-amino-alcohol motifs (C(OH)–C–C–N with tert-alkyl or cyclic N) is 1. The number of aryl methyl sites for hydroxylation is 2. The van der Waals surface area contributed by atoms with Gasteiger partial charge in [0.25, 0.3) is 5.91 Å². The Bertz CT molecular complexity index is 1120. The summed E-state index contributed by atoms with van der Waals surface area (Å²) in [7, 11) is 0. The summed E-state index contributed by atoms with van der Waals surface area (Å²) in [6.45, 7) is 5.94. The van der Waals surface area contributed by atoms with Gasteiger partial charge in [0, 0.05) is 42.1 Å². The highest BCUT2D eigenvalue weighted by Gasteiger charge is 2.26. The number of H-pyrrole nitrogens is 1. The predicted octanol–water partition coefficient (Wildman–Crippen LogP) is 3.93. The molecule has 1 fully saturated rings. The first kappa shape index (κ1) is 24.3. The fourth-order valence-electron chi connectivity index (χ4n) is 4.04. The molecule has 180 valence electrons. The van der Waals surface area contributed by atoms with Gasteiger partial charge in [0.15, 0.2) is 0 Å². The maximum Gasteiger partial charge on any atom is 0.272 e. The molecule has 2 atom stereocenters. The largest absolute Gasteiger partial charge is 0.489 e. The molecule has 1 aliphatic rings. The van der Waals surface area contributed by atoms with Gasteiger partial charge in [-0.25, -0.2) is 4.98 Å². The maximum atomic E-state index is 12.7. The number of aromatic amines is 1. The summed E-state index contributed by atoms with van der Waals surface area (Å²) in [5.74, 6) is 0.882. The van der Waals surface area contributed by atoms with Crippen LogP contribution in [-0.2, 0) is 0 Å². The molecule has 1 saturated heterocycles. The summed E-state index contributed by atoms with van der Waals surface area (Å²) >= 11 is 3.37. The molecule has 0 spiro atoms. The first-order valence-corrected chi connectivity index (χ1v) is 12.0. The molecule has 34 heavy (non-hydrogen) atoms. The van der Waals surface area contributed by atoms with E-state index >= 15 is 0 Å². The van der Waals surface area contributed by atoms with Gasteiger partial charge in [-0.05, 0) is 66.0 Å². The molecule has 1 aliphatic heterocycles. The lowest BCUT2D eigenvalue weighted by Gasteiger charge is -2.21. The number of para-hydroxylation sites is 2. The van der Waals surface area contributed by atoms with Gasteiger partial charge >= 0.3 is 0 Å². The second kappa shape index (κ2) is 11.0. The lowest BCUT2D eigenvalue weighted by atomic mass is 10.2. The van der Waals surface area contributed by atoms with Crippen LogP contribution >= 0.6 is 15.9 Å². The zero-order chi connectivity index (χ0) is 24.1. The monoisotopic (exact) mass is 528 g/mol. The van der Waals surface area contributed by atoms with Crippen LogP contribution in [0.2, 0.25) is 0 Å². The fourth-order valence-corrected chi connectivity index (χ4v) is 4.28. The number of nitrogens with zero attached hydrogens (tertiary/aromatic N) is 2. The number of carbonyl (C=O) groups excluding carboxylic acids is 1. The summed E-state index contributed by atoms with van der Waals surface area (Å²) in [4.78, 5) is 22.2. The zero-order valence-electron chi connectivity index (χ0n) is 19.3. The minimum Gasteiger partial charge on any atom is -0.489 e. The van der Waals surface area contributed by atoms with E-state index in [0.717, 1.165) is 35.2 Å². The highest BCUT2D eigenvalue weighted by Crippen LogP contribution is 2.25. The van der Waals surface area contributed by atoms with Crippen molar-refractivity contribution in [2.75, 3.05) is 31.6 Å². The number of amides is 1. The molecule has 2 unspecified atom stereocenters. The fraction of sp³-hybridized carbons (Fsp3) is 0.360. The third-order valence-corrected chi connectivity index (χ3v) is 6.10. The second-order valence-corrected chi connectivity index (χ2v) is 9.44. The van der Waals surface area contributed by atoms with Crippen molar-refractivity contribution < 1.29 is 19.4 Å². The number of aromatic nitrogens is 2. The molecule has 1 aromatic carbocycles. The molecular formula is C25H29BrN4O4. The van der Waals surface area contributed by atoms with E-state index in [1.807, 2.05) is 44.2 Å². The predicted molar refractivity (Wildman–Crippen MR) is 134 cm³/mol. The number of ether oxygens (including phenoxy) is 2. The van der Waals surface area contributed by atoms with E-state index < -0.39 is 6.10 Å². The van der Waals surface area contributed by atoms with E-state index in [4.69, 9.17) is 9.47 Å². The number of pyridine rings is 1. The summed E-state index contributed by atoms with van der Waals surface area (Å²) < 4.78 is 12.7. The highest BCUT2D eigenvalue weighted by molar-refractivity contribution is 9.10. The molecule has 3 N–H and O–H groups in total. The van der Waals surface area contributed by atoms with Gasteiger partial charge in [-0.2, -0.15) is 0 Å². The topological polar surface area (TPSA) is 99.7 Å². The molecular weight excluding hydrogens is 500 g/mol. The van der Waals surface area contributed by atoms with Crippen molar-refractivity contribution in [3.63, 3.8) is 0 Å². The molecule has 1 amide bonds. The molecule has 8 nitrogen and oxygen atoms in total. The molecule has 0 saturated carbocycles. The molecule has 0 aliphatic carbocycles. The van der Waals surface area contributed by atoms with Gasteiger partial charge in [0.05, 0.1) is 5.69 Å². The zero-order valence-corrected chi connectivity index (χ0v) is 20.8. The number of aliphatic hydroxyl groups excluding tert-OH is 1. The van der Waals surface area contributed by atoms with Gasteiger partial charge in [0.1, 0.15) is 30.3 Å². The minimum atomic E-state index is -0.679. The summed E-state index contributed by atoms with van der Waals surface area (Å²) in [5, 5.41) is 13.4. The van der Waals surface area contributed by atoms with Crippen LogP contribution in [0.3, 0.4) is 0 Å². The van der Waals surface area contributed by atoms with E-state index in [1.54, 1.807) is 18.3 Å². The van der Waals surface area contributed by atoms with Crippen molar-refractivity contribution in [2.45, 2.75) is 32.5 Å². The number of carbonyl (C=O) groups is 1. The van der Waals surface area contributed by atoms with Gasteiger partial charge in [0.2, 0.25) is 5.88 Å². The molecule has 0 radical (unpaired) electrons. The Morgan fingerprint density at radius 1 is 1.32 bits per heavy atom. The van der Waals surface area contributed by atoms with Crippen LogP contribution in [0.5, 0.6) is 11.6 Å². The third-order valence-electron chi connectivity index (χ3n) is 5.63. The molecule has 4 rings (SSSR count). The van der Waals surface area contributed by atoms with Crippen LogP contribution in [0.1, 0.15) is 28.2 Å². The average molecular weight is 529 g/mol. The first-order valence-electron chi connectivity index (χ1n) is 11.3. The van der Waals surface area contributed by atoms with Crippen molar-refractivity contribution in [3.05, 3.63) is 70.1 Å². The number of hydrogen-bond donors (Lipinski definition) is 3. The number of hydrogen-bond acceptors (Lipinski definition) is 6. The van der Waals surface area contributed by atoms with Gasteiger partial charge < -0.3 is 24.9 Å². The lowest BCUT2D eigenvalue weighted by molar-refractivity contribution is 0.0720. The van der Waals surface area contributed by atoms with Gasteiger partial charge in [-0.3, -0.25) is 9.69 Å². The van der Waals surface area contributed by atoms with Crippen LogP contribution in [-0.4, -0.2) is 64.3 Å². The van der Waals surface area contributed by atoms with Crippen LogP contribution in [0, 0.1) is 13.8 Å². The van der Waals surface area contributed by atoms with Gasteiger partial charge in [-0.15, -0.1) is 0 Å². The Balaban J connectivity index is 1.26. The number of halogens is 1. The Morgan fingerprint density at radius 2 is 2.15 bits per heavy atom. The third kappa shape index (κ3) is 6.37. The van der Waals surface area contributed by atoms with E-state index in [9.17, 15) is 9.90 Å². The normalized spacial score (nSPS) is 16.9. The van der Waals surface area contributed by atoms with Crippen molar-refractivity contribution in [1.82, 2.24) is 14.9 Å². The second-order valence-electron chi connectivity index (χ2n) is 8.53. The lowest BCUT2D eigenvalue weighted by Crippen LogP contribution is -2.35. The van der Waals surface area contributed by atoms with Crippen LogP contribution in [0.25, 0.3) is 0 Å². The number of rotatable bonds is 9. The van der Waals surface area contributed by atoms with Crippen molar-refractivity contribution >= 4 is 27.5 Å². The van der Waals surface area contributed by atoms with Crippen LogP contribution in [0.4, 0.5) is 5.69 Å². The smallest absolute Gasteiger partial charge is 0.272 e. The minimum absolute atomic E-state index is 0.0396. The Hall–Kier alpha value is -2.88. The molecule has 3 heterocycles. The Morgan fingerprint density at radius 3 is 2.88 bits per heavy atom. The number of aliphatic hydroxyl groups is 1. The molecule has 2 aromatic heterocycles.